The molecule has 0 heterocycles. The van der Waals surface area contributed by atoms with E-state index < -0.39 is 5.97 Å². The minimum absolute atomic E-state index is 0.311. The third kappa shape index (κ3) is 4.17. The highest BCUT2D eigenvalue weighted by Crippen LogP contribution is 2.21. The molecule has 0 spiro atoms. The largest absolute Gasteiger partial charge is 0.478 e. The van der Waals surface area contributed by atoms with Gasteiger partial charge in [-0.05, 0) is 54.1 Å². The third-order valence-electron chi connectivity index (χ3n) is 3.66. The van der Waals surface area contributed by atoms with Crippen LogP contribution in [0, 0.1) is 5.92 Å². The lowest BCUT2D eigenvalue weighted by Crippen LogP contribution is -2.07. The van der Waals surface area contributed by atoms with Gasteiger partial charge in [-0.3, -0.25) is 0 Å². The maximum absolute atomic E-state index is 10.8. The number of rotatable bonds is 6. The summed E-state index contributed by atoms with van der Waals surface area (Å²) in [5.74, 6) is -0.304. The molecule has 0 fully saturated rings. The zero-order valence-corrected chi connectivity index (χ0v) is 12.3. The van der Waals surface area contributed by atoms with Gasteiger partial charge in [0.2, 0.25) is 0 Å². The first-order chi connectivity index (χ1) is 10.1. The summed E-state index contributed by atoms with van der Waals surface area (Å²) < 4.78 is 0. The van der Waals surface area contributed by atoms with Gasteiger partial charge in [0.05, 0.1) is 5.56 Å². The SMILES string of the molecule is CC(CCN)Cc1ccc(-c2ccc(C(=O)O)cc2)cc1. The lowest BCUT2D eigenvalue weighted by molar-refractivity contribution is 0.0697. The standard InChI is InChI=1S/C18H21NO2/c1-13(10-11-19)12-14-2-4-15(5-3-14)16-6-8-17(9-7-16)18(20)21/h2-9,13H,10-12,19H2,1H3,(H,20,21). The van der Waals surface area contributed by atoms with Crippen LogP contribution in [-0.2, 0) is 6.42 Å². The summed E-state index contributed by atoms with van der Waals surface area (Å²) >= 11 is 0. The molecule has 0 aromatic heterocycles. The van der Waals surface area contributed by atoms with E-state index in [1.54, 1.807) is 12.1 Å². The number of hydrogen-bond donors (Lipinski definition) is 2. The average molecular weight is 283 g/mol. The van der Waals surface area contributed by atoms with Crippen LogP contribution in [0.4, 0.5) is 0 Å². The second-order valence-corrected chi connectivity index (χ2v) is 5.47. The molecule has 2 aromatic carbocycles. The average Bonchev–Trinajstić information content (AvgIpc) is 2.48. The quantitative estimate of drug-likeness (QED) is 0.851. The van der Waals surface area contributed by atoms with Crippen molar-refractivity contribution in [3.63, 3.8) is 0 Å². The molecule has 3 nitrogen and oxygen atoms in total. The molecule has 0 saturated heterocycles. The Bertz CT molecular complexity index is 588. The van der Waals surface area contributed by atoms with Crippen molar-refractivity contribution in [3.05, 3.63) is 59.7 Å². The monoisotopic (exact) mass is 283 g/mol. The zero-order chi connectivity index (χ0) is 15.2. The van der Waals surface area contributed by atoms with Crippen LogP contribution in [0.3, 0.4) is 0 Å². The van der Waals surface area contributed by atoms with Crippen LogP contribution in [-0.4, -0.2) is 17.6 Å². The molecular formula is C18H21NO2. The highest BCUT2D eigenvalue weighted by molar-refractivity contribution is 5.88. The van der Waals surface area contributed by atoms with E-state index in [0.717, 1.165) is 30.5 Å². The third-order valence-corrected chi connectivity index (χ3v) is 3.66. The fourth-order valence-electron chi connectivity index (χ4n) is 2.43. The van der Waals surface area contributed by atoms with Crippen molar-refractivity contribution < 1.29 is 9.90 Å². The molecule has 1 atom stereocenters. The summed E-state index contributed by atoms with van der Waals surface area (Å²) in [7, 11) is 0. The highest BCUT2D eigenvalue weighted by Gasteiger charge is 2.05. The van der Waals surface area contributed by atoms with Crippen LogP contribution in [0.15, 0.2) is 48.5 Å². The molecular weight excluding hydrogens is 262 g/mol. The molecule has 0 radical (unpaired) electrons. The van der Waals surface area contributed by atoms with Gasteiger partial charge in [-0.1, -0.05) is 43.3 Å². The molecule has 0 saturated carbocycles. The van der Waals surface area contributed by atoms with Crippen molar-refractivity contribution >= 4 is 5.97 Å². The Morgan fingerprint density at radius 1 is 1.05 bits per heavy atom. The van der Waals surface area contributed by atoms with Crippen LogP contribution < -0.4 is 5.73 Å². The van der Waals surface area contributed by atoms with Gasteiger partial charge in [0.25, 0.3) is 0 Å². The maximum atomic E-state index is 10.8. The molecule has 0 aliphatic carbocycles. The summed E-state index contributed by atoms with van der Waals surface area (Å²) in [6.45, 7) is 2.95. The van der Waals surface area contributed by atoms with E-state index in [0.29, 0.717) is 11.5 Å². The van der Waals surface area contributed by atoms with Gasteiger partial charge in [-0.15, -0.1) is 0 Å². The molecule has 2 aromatic rings. The molecule has 0 aliphatic rings. The summed E-state index contributed by atoms with van der Waals surface area (Å²) in [5.41, 5.74) is 9.32. The van der Waals surface area contributed by atoms with Crippen molar-refractivity contribution in [2.45, 2.75) is 19.8 Å². The van der Waals surface area contributed by atoms with E-state index >= 15 is 0 Å². The van der Waals surface area contributed by atoms with Crippen LogP contribution in [0.5, 0.6) is 0 Å². The predicted molar refractivity (Wildman–Crippen MR) is 85.4 cm³/mol. The fourth-order valence-corrected chi connectivity index (χ4v) is 2.43. The van der Waals surface area contributed by atoms with E-state index in [2.05, 4.69) is 31.2 Å². The molecule has 1 unspecified atom stereocenters. The summed E-state index contributed by atoms with van der Waals surface area (Å²) in [6, 6.07) is 15.4. The number of carbonyl (C=O) groups is 1. The zero-order valence-electron chi connectivity index (χ0n) is 12.3. The lowest BCUT2D eigenvalue weighted by Gasteiger charge is -2.10. The summed E-state index contributed by atoms with van der Waals surface area (Å²) in [4.78, 5) is 10.8. The van der Waals surface area contributed by atoms with E-state index in [1.165, 1.54) is 5.56 Å². The second-order valence-electron chi connectivity index (χ2n) is 5.47. The van der Waals surface area contributed by atoms with E-state index in [4.69, 9.17) is 10.8 Å². The van der Waals surface area contributed by atoms with Crippen molar-refractivity contribution in [2.75, 3.05) is 6.54 Å². The Labute approximate surface area is 125 Å². The number of nitrogens with two attached hydrogens (primary N) is 1. The molecule has 2 rings (SSSR count). The normalized spacial score (nSPS) is 12.1. The van der Waals surface area contributed by atoms with Gasteiger partial charge in [0, 0.05) is 0 Å². The predicted octanol–water partition coefficient (Wildman–Crippen LogP) is 3.58. The van der Waals surface area contributed by atoms with E-state index in [9.17, 15) is 4.79 Å². The molecule has 0 aliphatic heterocycles. The molecule has 3 N–H and O–H groups in total. The molecule has 0 amide bonds. The number of aromatic carboxylic acids is 1. The van der Waals surface area contributed by atoms with Crippen LogP contribution in [0.1, 0.15) is 29.3 Å². The maximum Gasteiger partial charge on any atom is 0.335 e. The first kappa shape index (κ1) is 15.3. The van der Waals surface area contributed by atoms with Crippen LogP contribution in [0.2, 0.25) is 0 Å². The van der Waals surface area contributed by atoms with Gasteiger partial charge in [-0.2, -0.15) is 0 Å². The Kier molecular flexibility index (Phi) is 5.12. The lowest BCUT2D eigenvalue weighted by atomic mass is 9.96. The van der Waals surface area contributed by atoms with Gasteiger partial charge in [-0.25, -0.2) is 4.79 Å². The fraction of sp³-hybridized carbons (Fsp3) is 0.278. The topological polar surface area (TPSA) is 63.3 Å². The molecule has 3 heteroatoms. The first-order valence-electron chi connectivity index (χ1n) is 7.23. The van der Waals surface area contributed by atoms with Crippen molar-refractivity contribution in [2.24, 2.45) is 11.7 Å². The van der Waals surface area contributed by atoms with Gasteiger partial charge in [0.1, 0.15) is 0 Å². The van der Waals surface area contributed by atoms with Gasteiger partial charge in [0.15, 0.2) is 0 Å². The van der Waals surface area contributed by atoms with Gasteiger partial charge < -0.3 is 10.8 Å². The number of hydrogen-bond acceptors (Lipinski definition) is 2. The summed E-state index contributed by atoms with van der Waals surface area (Å²) in [6.07, 6.45) is 2.08. The Balaban J connectivity index is 2.09. The van der Waals surface area contributed by atoms with Crippen molar-refractivity contribution in [1.29, 1.82) is 0 Å². The first-order valence-corrected chi connectivity index (χ1v) is 7.23. The minimum atomic E-state index is -0.897. The second kappa shape index (κ2) is 7.04. The van der Waals surface area contributed by atoms with Gasteiger partial charge >= 0.3 is 5.97 Å². The number of carboxylic acid groups (broad SMARTS) is 1. The van der Waals surface area contributed by atoms with Crippen LogP contribution in [0.25, 0.3) is 11.1 Å². The van der Waals surface area contributed by atoms with Crippen LogP contribution >= 0.6 is 0 Å². The number of carboxylic acids is 1. The smallest absolute Gasteiger partial charge is 0.335 e. The number of benzene rings is 2. The highest BCUT2D eigenvalue weighted by atomic mass is 16.4. The summed E-state index contributed by atoms with van der Waals surface area (Å²) in [5, 5.41) is 8.90. The van der Waals surface area contributed by atoms with Crippen molar-refractivity contribution in [3.8, 4) is 11.1 Å². The minimum Gasteiger partial charge on any atom is -0.478 e. The van der Waals surface area contributed by atoms with E-state index in [1.807, 2.05) is 12.1 Å². The Morgan fingerprint density at radius 2 is 1.57 bits per heavy atom. The molecule has 0 bridgehead atoms. The Morgan fingerprint density at radius 3 is 2.05 bits per heavy atom. The Hall–Kier alpha value is -2.13. The van der Waals surface area contributed by atoms with E-state index in [-0.39, 0.29) is 0 Å². The van der Waals surface area contributed by atoms with Crippen molar-refractivity contribution in [1.82, 2.24) is 0 Å². The molecule has 21 heavy (non-hydrogen) atoms. The molecule has 110 valence electrons.